The minimum absolute atomic E-state index is 0.420. The lowest BCUT2D eigenvalue weighted by Gasteiger charge is -2.29. The number of rotatable bonds is 7. The van der Waals surface area contributed by atoms with Gasteiger partial charge in [-0.05, 0) is 62.8 Å². The van der Waals surface area contributed by atoms with Crippen molar-refractivity contribution in [2.24, 2.45) is 5.92 Å². The predicted octanol–water partition coefficient (Wildman–Crippen LogP) is 4.50. The van der Waals surface area contributed by atoms with Crippen LogP contribution in [-0.4, -0.2) is 19.1 Å². The van der Waals surface area contributed by atoms with Crippen LogP contribution in [0.2, 0.25) is 0 Å². The lowest BCUT2D eigenvalue weighted by Crippen LogP contribution is -2.30. The lowest BCUT2D eigenvalue weighted by molar-refractivity contribution is 0.593. The van der Waals surface area contributed by atoms with Crippen LogP contribution in [-0.2, 0) is 0 Å². The zero-order chi connectivity index (χ0) is 14.1. The Labute approximate surface area is 131 Å². The Hall–Kier alpha value is -0.540. The molecule has 1 aromatic carbocycles. The maximum absolute atomic E-state index is 3.66. The summed E-state index contributed by atoms with van der Waals surface area (Å²) in [7, 11) is 0. The highest BCUT2D eigenvalue weighted by Gasteiger charge is 2.35. The number of nitrogens with one attached hydrogen (secondary N) is 1. The zero-order valence-electron chi connectivity index (χ0n) is 12.5. The molecule has 2 aliphatic rings. The number of anilines is 1. The summed E-state index contributed by atoms with van der Waals surface area (Å²) in [6.07, 6.45) is 5.59. The molecule has 1 atom stereocenters. The van der Waals surface area contributed by atoms with E-state index in [1.807, 2.05) is 0 Å². The molecule has 3 rings (SSSR count). The average Bonchev–Trinajstić information content (AvgIpc) is 3.28. The Balaban J connectivity index is 1.89. The van der Waals surface area contributed by atoms with Crippen molar-refractivity contribution in [2.45, 2.75) is 51.6 Å². The van der Waals surface area contributed by atoms with Crippen molar-refractivity contribution in [2.75, 3.05) is 18.0 Å². The van der Waals surface area contributed by atoms with Crippen LogP contribution in [0.5, 0.6) is 0 Å². The second-order valence-electron chi connectivity index (χ2n) is 6.31. The molecule has 2 nitrogen and oxygen atoms in total. The van der Waals surface area contributed by atoms with Gasteiger partial charge in [-0.25, -0.2) is 0 Å². The maximum Gasteiger partial charge on any atom is 0.0428 e. The third-order valence-corrected chi connectivity index (χ3v) is 4.91. The van der Waals surface area contributed by atoms with E-state index in [4.69, 9.17) is 0 Å². The maximum atomic E-state index is 3.66. The third-order valence-electron chi connectivity index (χ3n) is 4.42. The number of halogens is 1. The molecule has 0 radical (unpaired) electrons. The molecule has 1 N–H and O–H groups in total. The van der Waals surface area contributed by atoms with E-state index in [9.17, 15) is 0 Å². The van der Waals surface area contributed by atoms with Crippen LogP contribution in [0.3, 0.4) is 0 Å². The van der Waals surface area contributed by atoms with Crippen molar-refractivity contribution >= 4 is 21.6 Å². The monoisotopic (exact) mass is 336 g/mol. The molecule has 2 fully saturated rings. The Bertz CT molecular complexity index is 466. The number of hydrogen-bond donors (Lipinski definition) is 1. The van der Waals surface area contributed by atoms with Gasteiger partial charge in [0.15, 0.2) is 0 Å². The third kappa shape index (κ3) is 3.37. The number of benzene rings is 1. The summed E-state index contributed by atoms with van der Waals surface area (Å²) in [6, 6.07) is 7.99. The summed E-state index contributed by atoms with van der Waals surface area (Å²) in [5.41, 5.74) is 2.89. The second-order valence-corrected chi connectivity index (χ2v) is 7.23. The Morgan fingerprint density at radius 1 is 1.30 bits per heavy atom. The Morgan fingerprint density at radius 2 is 2.05 bits per heavy atom. The van der Waals surface area contributed by atoms with Gasteiger partial charge in [-0.15, -0.1) is 0 Å². The van der Waals surface area contributed by atoms with Gasteiger partial charge in [0.05, 0.1) is 0 Å². The van der Waals surface area contributed by atoms with E-state index in [1.165, 1.54) is 48.0 Å². The van der Waals surface area contributed by atoms with Gasteiger partial charge < -0.3 is 10.2 Å². The van der Waals surface area contributed by atoms with Gasteiger partial charge in [-0.3, -0.25) is 0 Å². The van der Waals surface area contributed by atoms with Crippen LogP contribution < -0.4 is 10.2 Å². The molecule has 110 valence electrons. The van der Waals surface area contributed by atoms with Crippen molar-refractivity contribution < 1.29 is 0 Å². The first kappa shape index (κ1) is 14.4. The van der Waals surface area contributed by atoms with Crippen LogP contribution in [0.4, 0.5) is 5.69 Å². The highest BCUT2D eigenvalue weighted by molar-refractivity contribution is 9.10. The van der Waals surface area contributed by atoms with Crippen LogP contribution >= 0.6 is 15.9 Å². The van der Waals surface area contributed by atoms with Crippen molar-refractivity contribution in [3.63, 3.8) is 0 Å². The summed E-state index contributed by atoms with van der Waals surface area (Å²) in [5, 5.41) is 3.56. The summed E-state index contributed by atoms with van der Waals surface area (Å²) in [6.45, 7) is 6.73. The van der Waals surface area contributed by atoms with Gasteiger partial charge in [0, 0.05) is 28.8 Å². The van der Waals surface area contributed by atoms with Crippen molar-refractivity contribution in [1.29, 1.82) is 0 Å². The van der Waals surface area contributed by atoms with E-state index in [-0.39, 0.29) is 0 Å². The SMILES string of the molecule is CCNC(C)c1ccc(Br)cc1N(CC1CC1)C1CC1. The molecule has 2 aliphatic carbocycles. The molecule has 0 spiro atoms. The molecule has 0 heterocycles. The largest absolute Gasteiger partial charge is 0.368 e. The Kier molecular flexibility index (Phi) is 4.37. The number of hydrogen-bond acceptors (Lipinski definition) is 2. The molecule has 0 saturated heterocycles. The summed E-state index contributed by atoms with van der Waals surface area (Å²) >= 11 is 3.66. The van der Waals surface area contributed by atoms with E-state index in [1.54, 1.807) is 0 Å². The van der Waals surface area contributed by atoms with Crippen LogP contribution in [0.1, 0.15) is 51.1 Å². The van der Waals surface area contributed by atoms with Crippen molar-refractivity contribution in [3.05, 3.63) is 28.2 Å². The highest BCUT2D eigenvalue weighted by atomic mass is 79.9. The molecule has 0 bridgehead atoms. The standard InChI is InChI=1S/C17H25BrN2/c1-3-19-12(2)16-9-6-14(18)10-17(16)20(15-7-8-15)11-13-4-5-13/h6,9-10,12-13,15,19H,3-5,7-8,11H2,1-2H3. The van der Waals surface area contributed by atoms with Gasteiger partial charge >= 0.3 is 0 Å². The molecular formula is C17H25BrN2. The normalized spacial score (nSPS) is 19.9. The van der Waals surface area contributed by atoms with Gasteiger partial charge in [0.1, 0.15) is 0 Å². The van der Waals surface area contributed by atoms with Gasteiger partial charge in [-0.2, -0.15) is 0 Å². The molecule has 0 aromatic heterocycles. The molecule has 0 aliphatic heterocycles. The van der Waals surface area contributed by atoms with Crippen molar-refractivity contribution in [3.8, 4) is 0 Å². The average molecular weight is 337 g/mol. The highest BCUT2D eigenvalue weighted by Crippen LogP contribution is 2.40. The molecular weight excluding hydrogens is 312 g/mol. The predicted molar refractivity (Wildman–Crippen MR) is 89.3 cm³/mol. The lowest BCUT2D eigenvalue weighted by atomic mass is 10.0. The van der Waals surface area contributed by atoms with Gasteiger partial charge in [0.2, 0.25) is 0 Å². The summed E-state index contributed by atoms with van der Waals surface area (Å²) < 4.78 is 1.20. The van der Waals surface area contributed by atoms with Crippen LogP contribution in [0, 0.1) is 5.92 Å². The molecule has 1 aromatic rings. The van der Waals surface area contributed by atoms with Gasteiger partial charge in [-0.1, -0.05) is 28.9 Å². The van der Waals surface area contributed by atoms with Gasteiger partial charge in [0.25, 0.3) is 0 Å². The molecule has 1 unspecified atom stereocenters. The quantitative estimate of drug-likeness (QED) is 0.788. The molecule has 20 heavy (non-hydrogen) atoms. The van der Waals surface area contributed by atoms with E-state index in [0.717, 1.165) is 18.5 Å². The molecule has 3 heteroatoms. The van der Waals surface area contributed by atoms with E-state index in [2.05, 4.69) is 58.2 Å². The fraction of sp³-hybridized carbons (Fsp3) is 0.647. The number of nitrogens with zero attached hydrogens (tertiary/aromatic N) is 1. The fourth-order valence-electron chi connectivity index (χ4n) is 2.96. The second kappa shape index (κ2) is 6.07. The summed E-state index contributed by atoms with van der Waals surface area (Å²) in [5.74, 6) is 0.942. The summed E-state index contributed by atoms with van der Waals surface area (Å²) in [4.78, 5) is 2.69. The molecule has 0 amide bonds. The van der Waals surface area contributed by atoms with E-state index < -0.39 is 0 Å². The minimum atomic E-state index is 0.420. The first-order valence-electron chi connectivity index (χ1n) is 7.98. The first-order chi connectivity index (χ1) is 9.69. The smallest absolute Gasteiger partial charge is 0.0428 e. The van der Waals surface area contributed by atoms with Crippen molar-refractivity contribution in [1.82, 2.24) is 5.32 Å². The fourth-order valence-corrected chi connectivity index (χ4v) is 3.31. The van der Waals surface area contributed by atoms with Crippen LogP contribution in [0.25, 0.3) is 0 Å². The zero-order valence-corrected chi connectivity index (χ0v) is 14.1. The van der Waals surface area contributed by atoms with E-state index in [0.29, 0.717) is 6.04 Å². The van der Waals surface area contributed by atoms with E-state index >= 15 is 0 Å². The minimum Gasteiger partial charge on any atom is -0.368 e. The Morgan fingerprint density at radius 3 is 2.65 bits per heavy atom. The first-order valence-corrected chi connectivity index (χ1v) is 8.77. The molecule has 2 saturated carbocycles. The topological polar surface area (TPSA) is 15.3 Å². The van der Waals surface area contributed by atoms with Crippen LogP contribution in [0.15, 0.2) is 22.7 Å².